The van der Waals surface area contributed by atoms with Crippen LogP contribution in [0, 0.1) is 0 Å². The SMILES string of the molecule is O=C1C=C(S)CCC2=CC=C12. The van der Waals surface area contributed by atoms with Gasteiger partial charge in [-0.1, -0.05) is 12.2 Å². The topological polar surface area (TPSA) is 17.1 Å². The van der Waals surface area contributed by atoms with E-state index in [0.717, 1.165) is 23.3 Å². The molecule has 0 aliphatic heterocycles. The highest BCUT2D eigenvalue weighted by molar-refractivity contribution is 7.84. The van der Waals surface area contributed by atoms with Gasteiger partial charge in [0.1, 0.15) is 0 Å². The van der Waals surface area contributed by atoms with Crippen LogP contribution in [0.1, 0.15) is 12.8 Å². The highest BCUT2D eigenvalue weighted by Gasteiger charge is 2.20. The third-order valence-electron chi connectivity index (χ3n) is 2.01. The molecule has 0 aromatic rings. The van der Waals surface area contributed by atoms with E-state index in [0.29, 0.717) is 0 Å². The summed E-state index contributed by atoms with van der Waals surface area (Å²) in [4.78, 5) is 12.1. The molecule has 0 aromatic carbocycles. The van der Waals surface area contributed by atoms with E-state index in [9.17, 15) is 4.79 Å². The average Bonchev–Trinajstić information content (AvgIpc) is 1.90. The fraction of sp³-hybridized carbons (Fsp3) is 0.222. The Kier molecular flexibility index (Phi) is 1.50. The molecule has 0 amide bonds. The van der Waals surface area contributed by atoms with E-state index in [1.807, 2.05) is 12.2 Å². The van der Waals surface area contributed by atoms with Crippen LogP contribution in [0.3, 0.4) is 0 Å². The van der Waals surface area contributed by atoms with Crippen molar-refractivity contribution in [1.29, 1.82) is 0 Å². The first-order valence-corrected chi connectivity index (χ1v) is 4.07. The van der Waals surface area contributed by atoms with Crippen LogP contribution in [0.25, 0.3) is 0 Å². The molecular formula is C9H8OS. The van der Waals surface area contributed by atoms with Crippen molar-refractivity contribution in [2.45, 2.75) is 12.8 Å². The minimum atomic E-state index is 0.116. The quantitative estimate of drug-likeness (QED) is 0.542. The lowest BCUT2D eigenvalue weighted by atomic mass is 9.92. The van der Waals surface area contributed by atoms with Crippen LogP contribution in [0.4, 0.5) is 0 Å². The van der Waals surface area contributed by atoms with Crippen molar-refractivity contribution in [3.8, 4) is 0 Å². The van der Waals surface area contributed by atoms with E-state index < -0.39 is 0 Å². The molecule has 2 aliphatic rings. The molecule has 56 valence electrons. The largest absolute Gasteiger partial charge is 0.289 e. The van der Waals surface area contributed by atoms with Gasteiger partial charge in [0.25, 0.3) is 0 Å². The maximum atomic E-state index is 11.3. The highest BCUT2D eigenvalue weighted by atomic mass is 32.1. The van der Waals surface area contributed by atoms with Crippen LogP contribution in [0.5, 0.6) is 0 Å². The second-order valence-corrected chi connectivity index (χ2v) is 3.35. The van der Waals surface area contributed by atoms with Gasteiger partial charge in [-0.3, -0.25) is 4.79 Å². The zero-order valence-electron chi connectivity index (χ0n) is 6.00. The van der Waals surface area contributed by atoms with Crippen LogP contribution in [0.15, 0.2) is 34.3 Å². The normalized spacial score (nSPS) is 22.3. The Morgan fingerprint density at radius 3 is 2.73 bits per heavy atom. The first-order chi connectivity index (χ1) is 5.27. The van der Waals surface area contributed by atoms with Gasteiger partial charge in [0.15, 0.2) is 5.78 Å². The predicted octanol–water partition coefficient (Wildman–Crippen LogP) is 2.03. The molecular weight excluding hydrogens is 156 g/mol. The Hall–Kier alpha value is -0.760. The van der Waals surface area contributed by atoms with Gasteiger partial charge in [-0.25, -0.2) is 0 Å². The molecule has 0 radical (unpaired) electrons. The molecule has 2 rings (SSSR count). The lowest BCUT2D eigenvalue weighted by Crippen LogP contribution is -2.04. The molecule has 0 heterocycles. The number of hydrogen-bond donors (Lipinski definition) is 1. The minimum absolute atomic E-state index is 0.116. The first kappa shape index (κ1) is 6.92. The van der Waals surface area contributed by atoms with Crippen molar-refractivity contribution in [2.75, 3.05) is 0 Å². The van der Waals surface area contributed by atoms with Crippen LogP contribution in [-0.4, -0.2) is 5.78 Å². The number of thiol groups is 1. The lowest BCUT2D eigenvalue weighted by Gasteiger charge is -2.11. The third kappa shape index (κ3) is 1.07. The van der Waals surface area contributed by atoms with Gasteiger partial charge in [-0.05, 0) is 29.4 Å². The molecule has 0 fully saturated rings. The van der Waals surface area contributed by atoms with Gasteiger partial charge in [0.2, 0.25) is 0 Å². The summed E-state index contributed by atoms with van der Waals surface area (Å²) in [5, 5.41) is 0. The Bertz CT molecular complexity index is 308. The molecule has 0 atom stereocenters. The van der Waals surface area contributed by atoms with Crippen LogP contribution in [0.2, 0.25) is 0 Å². The average molecular weight is 164 g/mol. The maximum absolute atomic E-state index is 11.3. The number of carbonyl (C=O) groups is 1. The molecule has 11 heavy (non-hydrogen) atoms. The number of fused-ring (bicyclic) bond motifs is 1. The number of carbonyl (C=O) groups excluding carboxylic acids is 1. The van der Waals surface area contributed by atoms with Gasteiger partial charge in [0, 0.05) is 5.57 Å². The summed E-state index contributed by atoms with van der Waals surface area (Å²) in [6, 6.07) is 0. The van der Waals surface area contributed by atoms with Gasteiger partial charge >= 0.3 is 0 Å². The zero-order valence-corrected chi connectivity index (χ0v) is 6.90. The molecule has 2 aliphatic carbocycles. The lowest BCUT2D eigenvalue weighted by molar-refractivity contribution is -0.111. The summed E-state index contributed by atoms with van der Waals surface area (Å²) < 4.78 is 0. The Morgan fingerprint density at radius 2 is 2.09 bits per heavy atom. The first-order valence-electron chi connectivity index (χ1n) is 3.62. The molecule has 2 heteroatoms. The number of allylic oxidation sites excluding steroid dienone is 6. The summed E-state index contributed by atoms with van der Waals surface area (Å²) in [5.41, 5.74) is 2.07. The van der Waals surface area contributed by atoms with Gasteiger partial charge in [-0.2, -0.15) is 0 Å². The summed E-state index contributed by atoms with van der Waals surface area (Å²) >= 11 is 4.18. The molecule has 0 spiro atoms. The second-order valence-electron chi connectivity index (χ2n) is 2.77. The van der Waals surface area contributed by atoms with Crippen LogP contribution < -0.4 is 0 Å². The monoisotopic (exact) mass is 164 g/mol. The number of ketones is 1. The van der Waals surface area contributed by atoms with E-state index in [1.54, 1.807) is 6.08 Å². The van der Waals surface area contributed by atoms with Gasteiger partial charge in [-0.15, -0.1) is 12.6 Å². The maximum Gasteiger partial charge on any atom is 0.186 e. The number of rotatable bonds is 0. The van der Waals surface area contributed by atoms with E-state index in [1.165, 1.54) is 5.57 Å². The van der Waals surface area contributed by atoms with E-state index >= 15 is 0 Å². The predicted molar refractivity (Wildman–Crippen MR) is 47.5 cm³/mol. The number of hydrogen-bond acceptors (Lipinski definition) is 2. The van der Waals surface area contributed by atoms with Crippen molar-refractivity contribution < 1.29 is 4.79 Å². The molecule has 0 aromatic heterocycles. The van der Waals surface area contributed by atoms with Gasteiger partial charge < -0.3 is 0 Å². The summed E-state index contributed by atoms with van der Waals surface area (Å²) in [7, 11) is 0. The van der Waals surface area contributed by atoms with E-state index in [2.05, 4.69) is 12.6 Å². The minimum Gasteiger partial charge on any atom is -0.289 e. The Morgan fingerprint density at radius 1 is 1.27 bits per heavy atom. The Balaban J connectivity index is 2.32. The standard InChI is InChI=1S/C9H8OS/c10-9-5-7(11)3-1-6-2-4-8(6)9/h2,4-5,11H,1,3H2. The van der Waals surface area contributed by atoms with E-state index in [4.69, 9.17) is 0 Å². The molecule has 0 unspecified atom stereocenters. The van der Waals surface area contributed by atoms with E-state index in [-0.39, 0.29) is 5.78 Å². The fourth-order valence-electron chi connectivity index (χ4n) is 1.31. The van der Waals surface area contributed by atoms with Crippen molar-refractivity contribution in [2.24, 2.45) is 0 Å². The highest BCUT2D eigenvalue weighted by Crippen LogP contribution is 2.31. The summed E-state index contributed by atoms with van der Waals surface area (Å²) in [6.07, 6.45) is 7.37. The Labute approximate surface area is 70.9 Å². The third-order valence-corrected chi connectivity index (χ3v) is 2.36. The molecule has 0 N–H and O–H groups in total. The van der Waals surface area contributed by atoms with Crippen molar-refractivity contribution in [3.63, 3.8) is 0 Å². The molecule has 0 saturated carbocycles. The second kappa shape index (κ2) is 2.38. The summed E-state index contributed by atoms with van der Waals surface area (Å²) in [5.74, 6) is 0.116. The fourth-order valence-corrected chi connectivity index (χ4v) is 1.54. The van der Waals surface area contributed by atoms with Crippen molar-refractivity contribution in [1.82, 2.24) is 0 Å². The van der Waals surface area contributed by atoms with Crippen LogP contribution in [-0.2, 0) is 4.79 Å². The van der Waals surface area contributed by atoms with Crippen molar-refractivity contribution >= 4 is 18.4 Å². The molecule has 0 saturated heterocycles. The van der Waals surface area contributed by atoms with Crippen LogP contribution >= 0.6 is 12.6 Å². The zero-order chi connectivity index (χ0) is 7.84. The molecule has 0 bridgehead atoms. The summed E-state index contributed by atoms with van der Waals surface area (Å²) in [6.45, 7) is 0. The smallest absolute Gasteiger partial charge is 0.186 e. The molecule has 1 nitrogen and oxygen atoms in total. The van der Waals surface area contributed by atoms with Gasteiger partial charge in [0.05, 0.1) is 0 Å². The van der Waals surface area contributed by atoms with Crippen molar-refractivity contribution in [3.05, 3.63) is 34.3 Å².